The highest BCUT2D eigenvalue weighted by molar-refractivity contribution is 7.35. The predicted molar refractivity (Wildman–Crippen MR) is 23.5 cm³/mol. The Balaban J connectivity index is 2.83. The van der Waals surface area contributed by atoms with Gasteiger partial charge < -0.3 is 0 Å². The van der Waals surface area contributed by atoms with Gasteiger partial charge in [0.25, 0.3) is 0 Å². The second-order valence-electron chi connectivity index (χ2n) is 0.785. The van der Waals surface area contributed by atoms with Crippen molar-refractivity contribution in [1.82, 2.24) is 5.09 Å². The molecule has 0 radical (unpaired) electrons. The summed E-state index contributed by atoms with van der Waals surface area (Å²) in [5.74, 6) is 0. The third-order valence-corrected chi connectivity index (χ3v) is 0.880. The van der Waals surface area contributed by atoms with Gasteiger partial charge in [0.05, 0.1) is 0 Å². The lowest BCUT2D eigenvalue weighted by molar-refractivity contribution is 0.491. The van der Waals surface area contributed by atoms with Crippen molar-refractivity contribution in [3.63, 3.8) is 0 Å². The molecule has 3 nitrogen and oxygen atoms in total. The van der Waals surface area contributed by atoms with E-state index in [1.165, 1.54) is 0 Å². The van der Waals surface area contributed by atoms with Crippen molar-refractivity contribution in [3.8, 4) is 0 Å². The quantitative estimate of drug-likeness (QED) is 0.498. The molecule has 0 amide bonds. The first-order valence-corrected chi connectivity index (χ1v) is 2.88. The van der Waals surface area contributed by atoms with Crippen LogP contribution in [0.5, 0.6) is 0 Å². The van der Waals surface area contributed by atoms with Crippen molar-refractivity contribution in [1.29, 1.82) is 0 Å². The fourth-order valence-corrected chi connectivity index (χ4v) is 0.406. The molecule has 0 bridgehead atoms. The van der Waals surface area contributed by atoms with Gasteiger partial charge in [-0.25, -0.2) is 0 Å². The maximum absolute atomic E-state index is 9.64. The molecule has 0 spiro atoms. The van der Waals surface area contributed by atoms with E-state index in [1.54, 1.807) is 6.92 Å². The number of hydrogen-bond donors (Lipinski definition) is 2. The minimum atomic E-state index is -2.10. The summed E-state index contributed by atoms with van der Waals surface area (Å²) in [7, 11) is -2.10. The van der Waals surface area contributed by atoms with Crippen LogP contribution in [0.1, 0.15) is 6.92 Å². The molecule has 0 aliphatic rings. The van der Waals surface area contributed by atoms with Gasteiger partial charge in [0, 0.05) is 6.54 Å². The molecule has 2 N–H and O–H groups in total. The summed E-state index contributed by atoms with van der Waals surface area (Å²) >= 11 is 0. The largest absolute Gasteiger partial charge is 0.610 e. The molecule has 0 aromatic rings. The standard InChI is InChI=1S/C2H6NO2P/c1-2-3-6(4)5/h2H2,1H3,(H-,3,4,5)/p+1. The van der Waals surface area contributed by atoms with E-state index < -0.39 is 8.18 Å². The van der Waals surface area contributed by atoms with Gasteiger partial charge >= 0.3 is 8.18 Å². The van der Waals surface area contributed by atoms with Crippen molar-refractivity contribution in [2.75, 3.05) is 6.54 Å². The van der Waals surface area contributed by atoms with Crippen molar-refractivity contribution in [2.24, 2.45) is 0 Å². The van der Waals surface area contributed by atoms with Crippen LogP contribution >= 0.6 is 8.18 Å². The normalized spacial score (nSPS) is 11.3. The van der Waals surface area contributed by atoms with Gasteiger partial charge in [-0.2, -0.15) is 0 Å². The lowest BCUT2D eigenvalue weighted by atomic mass is 10.8. The van der Waals surface area contributed by atoms with Gasteiger partial charge in [-0.05, 0) is 11.5 Å². The summed E-state index contributed by atoms with van der Waals surface area (Å²) in [6.07, 6.45) is 0. The molecule has 0 rings (SSSR count). The summed E-state index contributed by atoms with van der Waals surface area (Å²) in [4.78, 5) is 7.95. The molecule has 1 unspecified atom stereocenters. The third kappa shape index (κ3) is 4.02. The molecular formula is C2H7NO2P+. The van der Waals surface area contributed by atoms with Gasteiger partial charge in [-0.1, -0.05) is 5.09 Å². The molecule has 0 aliphatic carbocycles. The molecule has 6 heavy (non-hydrogen) atoms. The second kappa shape index (κ2) is 3.22. The smallest absolute Gasteiger partial charge is 0.144 e. The minimum absolute atomic E-state index is 0.547. The zero-order valence-corrected chi connectivity index (χ0v) is 4.40. The monoisotopic (exact) mass is 108 g/mol. The third-order valence-electron chi connectivity index (χ3n) is 0.293. The SMILES string of the molecule is CCN[P+](=O)O. The van der Waals surface area contributed by atoms with Crippen LogP contribution in [0, 0.1) is 0 Å². The van der Waals surface area contributed by atoms with Gasteiger partial charge in [0.15, 0.2) is 0 Å². The zero-order chi connectivity index (χ0) is 4.99. The first kappa shape index (κ1) is 6.02. The zero-order valence-electron chi connectivity index (χ0n) is 3.51. The fraction of sp³-hybridized carbons (Fsp3) is 1.00. The first-order chi connectivity index (χ1) is 2.77. The van der Waals surface area contributed by atoms with Crippen molar-refractivity contribution in [3.05, 3.63) is 0 Å². The van der Waals surface area contributed by atoms with Crippen LogP contribution in [0.4, 0.5) is 0 Å². The molecular weight excluding hydrogens is 101 g/mol. The summed E-state index contributed by atoms with van der Waals surface area (Å²) in [6.45, 7) is 2.31. The van der Waals surface area contributed by atoms with Crippen molar-refractivity contribution < 1.29 is 9.46 Å². The average Bonchev–Trinajstić information content (AvgIpc) is 1.35. The highest BCUT2D eigenvalue weighted by atomic mass is 31.1. The Kier molecular flexibility index (Phi) is 3.23. The van der Waals surface area contributed by atoms with E-state index in [2.05, 4.69) is 5.09 Å². The van der Waals surface area contributed by atoms with Gasteiger partial charge in [-0.3, -0.25) is 0 Å². The van der Waals surface area contributed by atoms with E-state index in [9.17, 15) is 4.57 Å². The Morgan fingerprint density at radius 1 is 2.00 bits per heavy atom. The maximum Gasteiger partial charge on any atom is 0.610 e. The highest BCUT2D eigenvalue weighted by Gasteiger charge is 2.02. The van der Waals surface area contributed by atoms with Gasteiger partial charge in [0.1, 0.15) is 0 Å². The Hall–Kier alpha value is 0.0200. The van der Waals surface area contributed by atoms with E-state index >= 15 is 0 Å². The molecule has 0 heterocycles. The van der Waals surface area contributed by atoms with Crippen LogP contribution < -0.4 is 5.09 Å². The molecule has 1 atom stereocenters. The van der Waals surface area contributed by atoms with E-state index in [4.69, 9.17) is 4.89 Å². The Morgan fingerprint density at radius 2 is 2.50 bits per heavy atom. The lowest BCUT2D eigenvalue weighted by Crippen LogP contribution is -1.98. The number of nitrogens with one attached hydrogen (secondary N) is 1. The highest BCUT2D eigenvalue weighted by Crippen LogP contribution is 2.01. The number of rotatable bonds is 2. The topological polar surface area (TPSA) is 49.3 Å². The summed E-state index contributed by atoms with van der Waals surface area (Å²) in [5, 5.41) is 2.27. The molecule has 0 aliphatic heterocycles. The number of hydrogen-bond acceptors (Lipinski definition) is 1. The van der Waals surface area contributed by atoms with Crippen molar-refractivity contribution in [2.45, 2.75) is 6.92 Å². The maximum atomic E-state index is 9.64. The van der Waals surface area contributed by atoms with Crippen LogP contribution in [-0.4, -0.2) is 11.4 Å². The molecule has 0 fully saturated rings. The predicted octanol–water partition coefficient (Wildman–Crippen LogP) is 0.246. The van der Waals surface area contributed by atoms with E-state index in [1.807, 2.05) is 0 Å². The Bertz CT molecular complexity index is 55.5. The molecule has 36 valence electrons. The first-order valence-electron chi connectivity index (χ1n) is 1.67. The van der Waals surface area contributed by atoms with Crippen LogP contribution in [0.2, 0.25) is 0 Å². The molecule has 0 aromatic heterocycles. The van der Waals surface area contributed by atoms with Crippen molar-refractivity contribution >= 4 is 8.18 Å². The average molecular weight is 108 g/mol. The van der Waals surface area contributed by atoms with E-state index in [0.717, 1.165) is 0 Å². The molecule has 0 aromatic carbocycles. The Labute approximate surface area is 37.3 Å². The van der Waals surface area contributed by atoms with E-state index in [-0.39, 0.29) is 0 Å². The second-order valence-corrected chi connectivity index (χ2v) is 1.65. The summed E-state index contributed by atoms with van der Waals surface area (Å²) in [6, 6.07) is 0. The minimum Gasteiger partial charge on any atom is -0.144 e. The van der Waals surface area contributed by atoms with E-state index in [0.29, 0.717) is 6.54 Å². The molecule has 4 heteroatoms. The fourth-order valence-electron chi connectivity index (χ4n) is 0.135. The van der Waals surface area contributed by atoms with Crippen LogP contribution in [0.3, 0.4) is 0 Å². The Morgan fingerprint density at radius 3 is 2.50 bits per heavy atom. The molecule has 0 saturated carbocycles. The lowest BCUT2D eigenvalue weighted by Gasteiger charge is -1.70. The van der Waals surface area contributed by atoms with Crippen LogP contribution in [0.25, 0.3) is 0 Å². The van der Waals surface area contributed by atoms with Gasteiger partial charge in [0.2, 0.25) is 0 Å². The molecule has 0 saturated heterocycles. The summed E-state index contributed by atoms with van der Waals surface area (Å²) in [5.41, 5.74) is 0. The van der Waals surface area contributed by atoms with Crippen LogP contribution in [0.15, 0.2) is 0 Å². The van der Waals surface area contributed by atoms with Crippen LogP contribution in [-0.2, 0) is 4.57 Å². The van der Waals surface area contributed by atoms with Gasteiger partial charge in [-0.15, -0.1) is 4.89 Å². The summed E-state index contributed by atoms with van der Waals surface area (Å²) < 4.78 is 9.64.